The molecule has 1 aromatic heterocycles. The first kappa shape index (κ1) is 25.5. The van der Waals surface area contributed by atoms with Gasteiger partial charge >= 0.3 is 0 Å². The molecule has 2 aromatic carbocycles. The van der Waals surface area contributed by atoms with Crippen LogP contribution in [0.4, 0.5) is 11.4 Å². The zero-order valence-corrected chi connectivity index (χ0v) is 22.1. The molecule has 1 aliphatic rings. The Morgan fingerprint density at radius 3 is 2.49 bits per heavy atom. The second-order valence-electron chi connectivity index (χ2n) is 8.68. The number of hydrogen-bond acceptors (Lipinski definition) is 6. The third-order valence-corrected chi connectivity index (χ3v) is 9.65. The van der Waals surface area contributed by atoms with Crippen molar-refractivity contribution in [1.29, 1.82) is 0 Å². The van der Waals surface area contributed by atoms with Gasteiger partial charge in [-0.05, 0) is 67.4 Å². The Labute approximate surface area is 215 Å². The van der Waals surface area contributed by atoms with Crippen molar-refractivity contribution in [1.82, 2.24) is 9.62 Å². The first-order chi connectivity index (χ1) is 16.7. The van der Waals surface area contributed by atoms with Crippen molar-refractivity contribution in [3.63, 3.8) is 0 Å². The van der Waals surface area contributed by atoms with Gasteiger partial charge in [-0.2, -0.15) is 4.31 Å². The van der Waals surface area contributed by atoms with E-state index >= 15 is 0 Å². The van der Waals surface area contributed by atoms with Crippen LogP contribution in [-0.4, -0.2) is 51.9 Å². The summed E-state index contributed by atoms with van der Waals surface area (Å²) in [4.78, 5) is 15.1. The van der Waals surface area contributed by atoms with Crippen LogP contribution in [0.1, 0.15) is 28.1 Å². The Hall–Kier alpha value is -2.59. The number of halogens is 1. The second-order valence-corrected chi connectivity index (χ2v) is 12.4. The number of rotatable bonds is 8. The van der Waals surface area contributed by atoms with Gasteiger partial charge in [-0.25, -0.2) is 8.42 Å². The summed E-state index contributed by atoms with van der Waals surface area (Å²) in [5.41, 5.74) is 2.66. The van der Waals surface area contributed by atoms with Crippen molar-refractivity contribution in [2.45, 2.75) is 29.6 Å². The summed E-state index contributed by atoms with van der Waals surface area (Å²) in [6, 6.07) is 18.4. The van der Waals surface area contributed by atoms with Crippen LogP contribution in [0.2, 0.25) is 5.02 Å². The van der Waals surface area contributed by atoms with Gasteiger partial charge < -0.3 is 15.5 Å². The number of thiophene rings is 1. The van der Waals surface area contributed by atoms with Gasteiger partial charge in [-0.3, -0.25) is 4.79 Å². The molecule has 0 aliphatic carbocycles. The van der Waals surface area contributed by atoms with Crippen molar-refractivity contribution in [3.8, 4) is 0 Å². The molecule has 0 radical (unpaired) electrons. The maximum Gasteiger partial charge on any atom is 0.252 e. The van der Waals surface area contributed by atoms with Gasteiger partial charge in [0.2, 0.25) is 0 Å². The van der Waals surface area contributed by atoms with Crippen LogP contribution in [-0.2, 0) is 16.6 Å². The first-order valence-electron chi connectivity index (χ1n) is 11.4. The van der Waals surface area contributed by atoms with Crippen LogP contribution in [0.5, 0.6) is 0 Å². The van der Waals surface area contributed by atoms with Crippen molar-refractivity contribution in [2.24, 2.45) is 0 Å². The van der Waals surface area contributed by atoms with Crippen molar-refractivity contribution >= 4 is 50.2 Å². The second kappa shape index (κ2) is 11.0. The van der Waals surface area contributed by atoms with E-state index in [4.69, 9.17) is 11.6 Å². The Kier molecular flexibility index (Phi) is 8.01. The number of carbonyl (C=O) groups excluding carboxylic acids is 1. The molecule has 4 rings (SSSR count). The van der Waals surface area contributed by atoms with Crippen LogP contribution in [0.15, 0.2) is 64.9 Å². The summed E-state index contributed by atoms with van der Waals surface area (Å²) in [5.74, 6) is -0.231. The van der Waals surface area contributed by atoms with Gasteiger partial charge in [0.25, 0.3) is 15.9 Å². The Morgan fingerprint density at radius 1 is 1.09 bits per heavy atom. The number of benzene rings is 2. The molecular weight excluding hydrogens is 504 g/mol. The van der Waals surface area contributed by atoms with Gasteiger partial charge in [0.15, 0.2) is 0 Å². The fraction of sp³-hybridized carbons (Fsp3) is 0.320. The Morgan fingerprint density at radius 2 is 1.80 bits per heavy atom. The minimum atomic E-state index is -3.56. The highest BCUT2D eigenvalue weighted by atomic mass is 35.5. The van der Waals surface area contributed by atoms with Crippen molar-refractivity contribution in [2.75, 3.05) is 37.4 Å². The van der Waals surface area contributed by atoms with Crippen LogP contribution in [0, 0.1) is 0 Å². The average molecular weight is 533 g/mol. The third kappa shape index (κ3) is 6.35. The van der Waals surface area contributed by atoms with Gasteiger partial charge in [0.1, 0.15) is 4.21 Å². The van der Waals surface area contributed by atoms with Gasteiger partial charge in [-0.1, -0.05) is 17.7 Å². The predicted octanol–water partition coefficient (Wildman–Crippen LogP) is 4.66. The predicted molar refractivity (Wildman–Crippen MR) is 143 cm³/mol. The van der Waals surface area contributed by atoms with E-state index in [0.717, 1.165) is 29.1 Å². The highest BCUT2D eigenvalue weighted by Gasteiger charge is 2.30. The highest BCUT2D eigenvalue weighted by Crippen LogP contribution is 2.28. The molecule has 186 valence electrons. The number of carbonyl (C=O) groups is 1. The molecule has 0 atom stereocenters. The lowest BCUT2D eigenvalue weighted by Crippen LogP contribution is -2.42. The largest absolute Gasteiger partial charge is 0.382 e. The van der Waals surface area contributed by atoms with Gasteiger partial charge in [0, 0.05) is 60.1 Å². The Bertz CT molecular complexity index is 1270. The van der Waals surface area contributed by atoms with E-state index in [0.29, 0.717) is 27.9 Å². The number of nitrogens with zero attached hydrogens (tertiary/aromatic N) is 2. The molecule has 0 spiro atoms. The zero-order valence-electron chi connectivity index (χ0n) is 19.7. The van der Waals surface area contributed by atoms with Crippen LogP contribution >= 0.6 is 22.9 Å². The van der Waals surface area contributed by atoms with E-state index < -0.39 is 10.0 Å². The smallest absolute Gasteiger partial charge is 0.252 e. The molecule has 3 aromatic rings. The maximum absolute atomic E-state index is 13.2. The fourth-order valence-electron chi connectivity index (χ4n) is 3.94. The standard InChI is InChI=1S/C25H29ClN4O3S2/c1-29(2)22-5-3-4-21(16-22)28-20-12-14-30(15-13-20)35(32,33)24-11-10-23(34-24)17-27-25(31)18-6-8-19(26)9-7-18/h3-11,16,20,28H,12-15,17H2,1-2H3,(H,27,31). The quantitative estimate of drug-likeness (QED) is 0.441. The summed E-state index contributed by atoms with van der Waals surface area (Å²) in [7, 11) is 0.451. The van der Waals surface area contributed by atoms with E-state index in [1.807, 2.05) is 26.2 Å². The number of piperidine rings is 1. The molecule has 0 saturated carbocycles. The molecule has 7 nitrogen and oxygen atoms in total. The normalized spacial score (nSPS) is 15.1. The molecular formula is C25H29ClN4O3S2. The third-order valence-electron chi connectivity index (χ3n) is 5.95. The molecule has 0 unspecified atom stereocenters. The topological polar surface area (TPSA) is 81.8 Å². The fourth-order valence-corrected chi connectivity index (χ4v) is 6.99. The maximum atomic E-state index is 13.2. The number of anilines is 2. The molecule has 1 fully saturated rings. The number of nitrogens with one attached hydrogen (secondary N) is 2. The monoisotopic (exact) mass is 532 g/mol. The Balaban J connectivity index is 1.31. The summed E-state index contributed by atoms with van der Waals surface area (Å²) in [6.45, 7) is 1.20. The number of amides is 1. The number of hydrogen-bond donors (Lipinski definition) is 2. The minimum absolute atomic E-state index is 0.223. The summed E-state index contributed by atoms with van der Waals surface area (Å²) in [6.07, 6.45) is 1.47. The zero-order chi connectivity index (χ0) is 25.0. The van der Waals surface area contributed by atoms with Crippen LogP contribution < -0.4 is 15.5 Å². The van der Waals surface area contributed by atoms with Gasteiger partial charge in [0.05, 0.1) is 6.54 Å². The van der Waals surface area contributed by atoms with E-state index in [-0.39, 0.29) is 18.5 Å². The SMILES string of the molecule is CN(C)c1cccc(NC2CCN(S(=O)(=O)c3ccc(CNC(=O)c4ccc(Cl)cc4)s3)CC2)c1. The lowest BCUT2D eigenvalue weighted by Gasteiger charge is -2.32. The highest BCUT2D eigenvalue weighted by molar-refractivity contribution is 7.91. The average Bonchev–Trinajstić information content (AvgIpc) is 3.34. The molecule has 1 amide bonds. The van der Waals surface area contributed by atoms with Crippen LogP contribution in [0.25, 0.3) is 0 Å². The molecule has 2 heterocycles. The molecule has 0 bridgehead atoms. The lowest BCUT2D eigenvalue weighted by molar-refractivity contribution is 0.0951. The van der Waals surface area contributed by atoms with Crippen LogP contribution in [0.3, 0.4) is 0 Å². The molecule has 10 heteroatoms. The molecule has 35 heavy (non-hydrogen) atoms. The van der Waals surface area contributed by atoms with E-state index in [1.54, 1.807) is 40.7 Å². The summed E-state index contributed by atoms with van der Waals surface area (Å²) >= 11 is 7.06. The van der Waals surface area contributed by atoms with E-state index in [2.05, 4.69) is 27.7 Å². The van der Waals surface area contributed by atoms with Crippen molar-refractivity contribution < 1.29 is 13.2 Å². The number of sulfonamides is 1. The van der Waals surface area contributed by atoms with Gasteiger partial charge in [-0.15, -0.1) is 11.3 Å². The van der Waals surface area contributed by atoms with E-state index in [9.17, 15) is 13.2 Å². The lowest BCUT2D eigenvalue weighted by atomic mass is 10.1. The minimum Gasteiger partial charge on any atom is -0.382 e. The molecule has 1 saturated heterocycles. The first-order valence-corrected chi connectivity index (χ1v) is 14.0. The van der Waals surface area contributed by atoms with E-state index in [1.165, 1.54) is 11.3 Å². The summed E-state index contributed by atoms with van der Waals surface area (Å²) < 4.78 is 28.2. The van der Waals surface area contributed by atoms with Crippen molar-refractivity contribution in [3.05, 3.63) is 76.1 Å². The summed E-state index contributed by atoms with van der Waals surface area (Å²) in [5, 5.41) is 6.93. The molecule has 2 N–H and O–H groups in total. The molecule has 1 aliphatic heterocycles.